The first-order chi connectivity index (χ1) is 7.06. The van der Waals surface area contributed by atoms with Crippen LogP contribution in [-0.2, 0) is 0 Å². The molecule has 0 radical (unpaired) electrons. The van der Waals surface area contributed by atoms with Gasteiger partial charge in [-0.05, 0) is 22.0 Å². The third-order valence-electron chi connectivity index (χ3n) is 2.34. The van der Waals surface area contributed by atoms with Crippen LogP contribution in [0, 0.1) is 0 Å². The normalized spacial score (nSPS) is 24.8. The van der Waals surface area contributed by atoms with Gasteiger partial charge in [0.2, 0.25) is 0 Å². The Morgan fingerprint density at radius 1 is 1.27 bits per heavy atom. The molecule has 0 aromatic heterocycles. The molecule has 15 heavy (non-hydrogen) atoms. The molecule has 2 nitrogen and oxygen atoms in total. The molecule has 1 fully saturated rings. The van der Waals surface area contributed by atoms with E-state index in [1.807, 2.05) is 0 Å². The lowest BCUT2D eigenvalue weighted by molar-refractivity contribution is -0.0107. The summed E-state index contributed by atoms with van der Waals surface area (Å²) in [7, 11) is 0. The second-order valence-corrected chi connectivity index (χ2v) is 5.23. The number of hydrogen-bond donors (Lipinski definition) is 1. The predicted molar refractivity (Wildman–Crippen MR) is 63.8 cm³/mol. The Labute approximate surface area is 106 Å². The summed E-state index contributed by atoms with van der Waals surface area (Å²) in [4.78, 5) is 0. The molecular formula is C10H9BrCl2O2. The number of aliphatic hydroxyl groups is 1. The lowest BCUT2D eigenvalue weighted by Crippen LogP contribution is -2.37. The molecule has 1 aliphatic rings. The molecule has 1 aromatic carbocycles. The highest BCUT2D eigenvalue weighted by atomic mass is 79.9. The van der Waals surface area contributed by atoms with Gasteiger partial charge in [-0.25, -0.2) is 0 Å². The molecule has 0 heterocycles. The SMILES string of the molecule is OC1CC(Oc2cc(Cl)c(Br)cc2Cl)C1. The van der Waals surface area contributed by atoms with Crippen LogP contribution in [0.3, 0.4) is 0 Å². The van der Waals surface area contributed by atoms with E-state index in [1.54, 1.807) is 12.1 Å². The maximum Gasteiger partial charge on any atom is 0.139 e. The fourth-order valence-corrected chi connectivity index (χ4v) is 2.25. The van der Waals surface area contributed by atoms with Crippen LogP contribution >= 0.6 is 39.1 Å². The van der Waals surface area contributed by atoms with Gasteiger partial charge in [-0.3, -0.25) is 0 Å². The van der Waals surface area contributed by atoms with Crippen molar-refractivity contribution in [1.29, 1.82) is 0 Å². The molecule has 1 N–H and O–H groups in total. The second kappa shape index (κ2) is 4.50. The van der Waals surface area contributed by atoms with E-state index in [2.05, 4.69) is 15.9 Å². The predicted octanol–water partition coefficient (Wildman–Crippen LogP) is 3.66. The van der Waals surface area contributed by atoms with Gasteiger partial charge in [0, 0.05) is 23.4 Å². The van der Waals surface area contributed by atoms with Crippen LogP contribution in [0.25, 0.3) is 0 Å². The van der Waals surface area contributed by atoms with Crippen molar-refractivity contribution in [1.82, 2.24) is 0 Å². The Bertz CT molecular complexity index is 378. The first kappa shape index (κ1) is 11.5. The highest BCUT2D eigenvalue weighted by Gasteiger charge is 2.29. The zero-order chi connectivity index (χ0) is 11.0. The summed E-state index contributed by atoms with van der Waals surface area (Å²) in [5.41, 5.74) is 0. The summed E-state index contributed by atoms with van der Waals surface area (Å²) in [6.07, 6.45) is 1.13. The van der Waals surface area contributed by atoms with E-state index < -0.39 is 0 Å². The van der Waals surface area contributed by atoms with Gasteiger partial charge in [0.1, 0.15) is 11.9 Å². The summed E-state index contributed by atoms with van der Waals surface area (Å²) >= 11 is 15.2. The number of ether oxygens (including phenoxy) is 1. The minimum absolute atomic E-state index is 0.0507. The third-order valence-corrected chi connectivity index (χ3v) is 3.83. The molecule has 1 saturated carbocycles. The van der Waals surface area contributed by atoms with Gasteiger partial charge in [0.15, 0.2) is 0 Å². The number of rotatable bonds is 2. The fraction of sp³-hybridized carbons (Fsp3) is 0.400. The molecule has 1 aliphatic carbocycles. The van der Waals surface area contributed by atoms with Crippen molar-refractivity contribution in [2.75, 3.05) is 0 Å². The minimum atomic E-state index is -0.236. The molecule has 0 amide bonds. The van der Waals surface area contributed by atoms with Gasteiger partial charge in [0.25, 0.3) is 0 Å². The molecule has 5 heteroatoms. The largest absolute Gasteiger partial charge is 0.489 e. The van der Waals surface area contributed by atoms with E-state index in [0.717, 1.165) is 4.47 Å². The van der Waals surface area contributed by atoms with E-state index in [-0.39, 0.29) is 12.2 Å². The van der Waals surface area contributed by atoms with Crippen molar-refractivity contribution in [2.24, 2.45) is 0 Å². The number of aliphatic hydroxyl groups excluding tert-OH is 1. The Hall–Kier alpha value is 0.0400. The van der Waals surface area contributed by atoms with E-state index in [0.29, 0.717) is 28.6 Å². The molecular weight excluding hydrogens is 303 g/mol. The molecule has 0 saturated heterocycles. The van der Waals surface area contributed by atoms with E-state index in [9.17, 15) is 0 Å². The van der Waals surface area contributed by atoms with Gasteiger partial charge in [-0.1, -0.05) is 23.2 Å². The van der Waals surface area contributed by atoms with Crippen molar-refractivity contribution in [3.05, 3.63) is 26.7 Å². The van der Waals surface area contributed by atoms with Gasteiger partial charge < -0.3 is 9.84 Å². The summed E-state index contributed by atoms with van der Waals surface area (Å²) in [6, 6.07) is 3.38. The van der Waals surface area contributed by atoms with Gasteiger partial charge in [0.05, 0.1) is 16.1 Å². The maximum absolute atomic E-state index is 9.12. The van der Waals surface area contributed by atoms with Crippen molar-refractivity contribution in [3.63, 3.8) is 0 Å². The third kappa shape index (κ3) is 2.59. The summed E-state index contributed by atoms with van der Waals surface area (Å²) in [5, 5.41) is 10.2. The molecule has 0 bridgehead atoms. The Balaban J connectivity index is 2.11. The quantitative estimate of drug-likeness (QED) is 0.845. The Kier molecular flexibility index (Phi) is 3.45. The minimum Gasteiger partial charge on any atom is -0.489 e. The van der Waals surface area contributed by atoms with E-state index in [1.165, 1.54) is 0 Å². The molecule has 1 aromatic rings. The van der Waals surface area contributed by atoms with Crippen LogP contribution in [0.4, 0.5) is 0 Å². The average molecular weight is 312 g/mol. The highest BCUT2D eigenvalue weighted by Crippen LogP contribution is 2.36. The summed E-state index contributed by atoms with van der Waals surface area (Å²) in [5.74, 6) is 0.571. The maximum atomic E-state index is 9.12. The zero-order valence-electron chi connectivity index (χ0n) is 7.71. The Morgan fingerprint density at radius 2 is 1.93 bits per heavy atom. The number of benzene rings is 1. The lowest BCUT2D eigenvalue weighted by atomic mass is 9.92. The van der Waals surface area contributed by atoms with Crippen LogP contribution < -0.4 is 4.74 Å². The molecule has 82 valence electrons. The number of halogens is 3. The standard InChI is InChI=1S/C10H9BrCl2O2/c11-7-3-9(13)10(4-8(7)12)15-6-1-5(14)2-6/h3-6,14H,1-2H2. The average Bonchev–Trinajstić information content (AvgIpc) is 2.11. The second-order valence-electron chi connectivity index (χ2n) is 3.56. The monoisotopic (exact) mass is 310 g/mol. The molecule has 0 atom stereocenters. The molecule has 0 spiro atoms. The Morgan fingerprint density at radius 3 is 2.53 bits per heavy atom. The fourth-order valence-electron chi connectivity index (χ4n) is 1.41. The molecule has 0 aliphatic heterocycles. The first-order valence-electron chi connectivity index (χ1n) is 4.55. The highest BCUT2D eigenvalue weighted by molar-refractivity contribution is 9.10. The van der Waals surface area contributed by atoms with Gasteiger partial charge >= 0.3 is 0 Å². The van der Waals surface area contributed by atoms with E-state index in [4.69, 9.17) is 33.0 Å². The van der Waals surface area contributed by atoms with Crippen molar-refractivity contribution >= 4 is 39.1 Å². The van der Waals surface area contributed by atoms with Crippen LogP contribution in [-0.4, -0.2) is 17.3 Å². The topological polar surface area (TPSA) is 29.5 Å². The molecule has 0 unspecified atom stereocenters. The smallest absolute Gasteiger partial charge is 0.139 e. The van der Waals surface area contributed by atoms with Crippen LogP contribution in [0.2, 0.25) is 10.0 Å². The lowest BCUT2D eigenvalue weighted by Gasteiger charge is -2.31. The van der Waals surface area contributed by atoms with Crippen LogP contribution in [0.15, 0.2) is 16.6 Å². The van der Waals surface area contributed by atoms with Crippen molar-refractivity contribution < 1.29 is 9.84 Å². The van der Waals surface area contributed by atoms with Crippen LogP contribution in [0.5, 0.6) is 5.75 Å². The zero-order valence-corrected chi connectivity index (χ0v) is 10.8. The summed E-state index contributed by atoms with van der Waals surface area (Å²) < 4.78 is 6.34. The van der Waals surface area contributed by atoms with Gasteiger partial charge in [-0.15, -0.1) is 0 Å². The van der Waals surface area contributed by atoms with Crippen molar-refractivity contribution in [2.45, 2.75) is 25.0 Å². The number of hydrogen-bond acceptors (Lipinski definition) is 2. The first-order valence-corrected chi connectivity index (χ1v) is 6.10. The summed E-state index contributed by atoms with van der Waals surface area (Å²) in [6.45, 7) is 0. The van der Waals surface area contributed by atoms with Gasteiger partial charge in [-0.2, -0.15) is 0 Å². The van der Waals surface area contributed by atoms with Crippen molar-refractivity contribution in [3.8, 4) is 5.75 Å². The van der Waals surface area contributed by atoms with E-state index >= 15 is 0 Å². The van der Waals surface area contributed by atoms with Crippen LogP contribution in [0.1, 0.15) is 12.8 Å². The molecule has 2 rings (SSSR count).